The Kier molecular flexibility index (Phi) is 4.70. The standard InChI is InChI=1S/C18H25N5O2/c1-24-15-4-2-13(3-5-15)18-11-23-17(12-25-18)16(20-21-23)10-22-8-6-14(19)7-9-22/h2-5,14,18H,6-12,19H2,1H3. The molecule has 2 aromatic rings. The van der Waals surface area contributed by atoms with Gasteiger partial charge < -0.3 is 15.2 Å². The number of hydrogen-bond acceptors (Lipinski definition) is 6. The quantitative estimate of drug-likeness (QED) is 0.906. The predicted octanol–water partition coefficient (Wildman–Crippen LogP) is 1.48. The molecule has 0 radical (unpaired) electrons. The fourth-order valence-corrected chi connectivity index (χ4v) is 3.53. The van der Waals surface area contributed by atoms with Crippen molar-refractivity contribution in [1.82, 2.24) is 19.9 Å². The van der Waals surface area contributed by atoms with Crippen LogP contribution in [0.15, 0.2) is 24.3 Å². The van der Waals surface area contributed by atoms with Crippen molar-refractivity contribution in [2.75, 3.05) is 20.2 Å². The molecule has 1 unspecified atom stereocenters. The van der Waals surface area contributed by atoms with Crippen molar-refractivity contribution in [2.45, 2.75) is 44.7 Å². The van der Waals surface area contributed by atoms with Gasteiger partial charge in [0.2, 0.25) is 0 Å². The zero-order chi connectivity index (χ0) is 17.2. The maximum Gasteiger partial charge on any atom is 0.118 e. The molecule has 2 aliphatic heterocycles. The van der Waals surface area contributed by atoms with Gasteiger partial charge in [0.1, 0.15) is 17.5 Å². The van der Waals surface area contributed by atoms with Crippen LogP contribution in [0.3, 0.4) is 0 Å². The van der Waals surface area contributed by atoms with Crippen LogP contribution in [0.1, 0.15) is 35.9 Å². The molecule has 1 atom stereocenters. The number of benzene rings is 1. The molecule has 7 nitrogen and oxygen atoms in total. The molecule has 0 spiro atoms. The first-order valence-electron chi connectivity index (χ1n) is 8.87. The monoisotopic (exact) mass is 343 g/mol. The lowest BCUT2D eigenvalue weighted by Crippen LogP contribution is -2.39. The highest BCUT2D eigenvalue weighted by Gasteiger charge is 2.26. The van der Waals surface area contributed by atoms with Crippen LogP contribution in [0.25, 0.3) is 0 Å². The van der Waals surface area contributed by atoms with Gasteiger partial charge in [0.05, 0.1) is 26.0 Å². The molecule has 1 saturated heterocycles. The average Bonchev–Trinajstić information content (AvgIpc) is 3.06. The number of rotatable bonds is 4. The number of aromatic nitrogens is 3. The topological polar surface area (TPSA) is 78.4 Å². The van der Waals surface area contributed by atoms with Crippen molar-refractivity contribution >= 4 is 0 Å². The Labute approximate surface area is 147 Å². The number of ether oxygens (including phenoxy) is 2. The van der Waals surface area contributed by atoms with Crippen LogP contribution in [0.5, 0.6) is 5.75 Å². The SMILES string of the molecule is COc1ccc(C2Cn3nnc(CN4CCC(N)CC4)c3CO2)cc1. The Hall–Kier alpha value is -1.96. The Balaban J connectivity index is 1.43. The van der Waals surface area contributed by atoms with Crippen LogP contribution in [0, 0.1) is 0 Å². The van der Waals surface area contributed by atoms with E-state index in [1.807, 2.05) is 28.9 Å². The molecule has 1 fully saturated rings. The van der Waals surface area contributed by atoms with Crippen molar-refractivity contribution in [3.8, 4) is 5.75 Å². The summed E-state index contributed by atoms with van der Waals surface area (Å²) in [6, 6.07) is 8.36. The molecule has 1 aromatic heterocycles. The van der Waals surface area contributed by atoms with Crippen LogP contribution in [0.4, 0.5) is 0 Å². The van der Waals surface area contributed by atoms with E-state index in [0.717, 1.165) is 55.2 Å². The van der Waals surface area contributed by atoms with E-state index >= 15 is 0 Å². The molecule has 0 aliphatic carbocycles. The molecule has 2 aliphatic rings. The molecule has 134 valence electrons. The molecular weight excluding hydrogens is 318 g/mol. The summed E-state index contributed by atoms with van der Waals surface area (Å²) in [4.78, 5) is 2.41. The third kappa shape index (κ3) is 3.53. The molecule has 7 heteroatoms. The lowest BCUT2D eigenvalue weighted by atomic mass is 10.1. The third-order valence-electron chi connectivity index (χ3n) is 5.17. The lowest BCUT2D eigenvalue weighted by Gasteiger charge is -2.30. The average molecular weight is 343 g/mol. The summed E-state index contributed by atoms with van der Waals surface area (Å²) in [5.41, 5.74) is 9.24. The maximum atomic E-state index is 6.09. The summed E-state index contributed by atoms with van der Waals surface area (Å²) in [6.45, 7) is 4.14. The van der Waals surface area contributed by atoms with Gasteiger partial charge in [-0.05, 0) is 30.5 Å². The van der Waals surface area contributed by atoms with Gasteiger partial charge in [-0.1, -0.05) is 17.3 Å². The summed E-state index contributed by atoms with van der Waals surface area (Å²) in [7, 11) is 1.67. The number of hydrogen-bond donors (Lipinski definition) is 1. The number of methoxy groups -OCH3 is 1. The minimum atomic E-state index is 0.000871. The van der Waals surface area contributed by atoms with E-state index in [9.17, 15) is 0 Å². The smallest absolute Gasteiger partial charge is 0.118 e. The Bertz CT molecular complexity index is 707. The van der Waals surface area contributed by atoms with Gasteiger partial charge in [-0.25, -0.2) is 4.68 Å². The second-order valence-electron chi connectivity index (χ2n) is 6.85. The molecule has 2 N–H and O–H groups in total. The van der Waals surface area contributed by atoms with Crippen LogP contribution in [-0.2, 0) is 24.4 Å². The number of nitrogens with two attached hydrogens (primary N) is 1. The first kappa shape index (κ1) is 16.5. The van der Waals surface area contributed by atoms with Gasteiger partial charge >= 0.3 is 0 Å². The Morgan fingerprint density at radius 3 is 2.72 bits per heavy atom. The Morgan fingerprint density at radius 1 is 1.24 bits per heavy atom. The van der Waals surface area contributed by atoms with Gasteiger partial charge in [0.25, 0.3) is 0 Å². The summed E-state index contributed by atoms with van der Waals surface area (Å²) in [5.74, 6) is 0.851. The molecule has 25 heavy (non-hydrogen) atoms. The van der Waals surface area contributed by atoms with E-state index in [2.05, 4.69) is 15.2 Å². The van der Waals surface area contributed by atoms with Gasteiger partial charge in [-0.15, -0.1) is 5.10 Å². The largest absolute Gasteiger partial charge is 0.497 e. The summed E-state index contributed by atoms with van der Waals surface area (Å²) in [5, 5.41) is 8.76. The van der Waals surface area contributed by atoms with E-state index in [4.69, 9.17) is 15.2 Å². The van der Waals surface area contributed by atoms with E-state index in [0.29, 0.717) is 19.2 Å². The molecular formula is C18H25N5O2. The highest BCUT2D eigenvalue weighted by atomic mass is 16.5. The van der Waals surface area contributed by atoms with E-state index in [1.54, 1.807) is 7.11 Å². The van der Waals surface area contributed by atoms with Crippen LogP contribution in [0.2, 0.25) is 0 Å². The van der Waals surface area contributed by atoms with E-state index in [-0.39, 0.29) is 6.10 Å². The highest BCUT2D eigenvalue weighted by molar-refractivity contribution is 5.29. The van der Waals surface area contributed by atoms with Crippen molar-refractivity contribution < 1.29 is 9.47 Å². The van der Waals surface area contributed by atoms with Gasteiger partial charge in [-0.3, -0.25) is 4.90 Å². The van der Waals surface area contributed by atoms with E-state index in [1.165, 1.54) is 0 Å². The molecule has 0 amide bonds. The normalized spacial score (nSPS) is 21.9. The van der Waals surface area contributed by atoms with Crippen LogP contribution < -0.4 is 10.5 Å². The second-order valence-corrected chi connectivity index (χ2v) is 6.85. The summed E-state index contributed by atoms with van der Waals surface area (Å²) >= 11 is 0. The molecule has 1 aromatic carbocycles. The molecule has 0 bridgehead atoms. The minimum absolute atomic E-state index is 0.000871. The fraction of sp³-hybridized carbons (Fsp3) is 0.556. The van der Waals surface area contributed by atoms with Gasteiger partial charge in [0.15, 0.2) is 0 Å². The maximum absolute atomic E-state index is 6.09. The van der Waals surface area contributed by atoms with Crippen LogP contribution >= 0.6 is 0 Å². The Morgan fingerprint density at radius 2 is 2.00 bits per heavy atom. The summed E-state index contributed by atoms with van der Waals surface area (Å²) < 4.78 is 13.3. The van der Waals surface area contributed by atoms with Gasteiger partial charge in [-0.2, -0.15) is 0 Å². The highest BCUT2D eigenvalue weighted by Crippen LogP contribution is 2.28. The zero-order valence-electron chi connectivity index (χ0n) is 14.6. The predicted molar refractivity (Wildman–Crippen MR) is 93.0 cm³/mol. The van der Waals surface area contributed by atoms with Crippen molar-refractivity contribution in [2.24, 2.45) is 5.73 Å². The van der Waals surface area contributed by atoms with Crippen molar-refractivity contribution in [3.63, 3.8) is 0 Å². The third-order valence-corrected chi connectivity index (χ3v) is 5.17. The first-order chi connectivity index (χ1) is 12.2. The number of nitrogens with zero attached hydrogens (tertiary/aromatic N) is 4. The molecule has 0 saturated carbocycles. The van der Waals surface area contributed by atoms with E-state index < -0.39 is 0 Å². The second kappa shape index (κ2) is 7.11. The van der Waals surface area contributed by atoms with Crippen LogP contribution in [-0.4, -0.2) is 46.1 Å². The first-order valence-corrected chi connectivity index (χ1v) is 8.87. The number of piperidine rings is 1. The molecule has 3 heterocycles. The fourth-order valence-electron chi connectivity index (χ4n) is 3.53. The van der Waals surface area contributed by atoms with Gasteiger partial charge in [0, 0.05) is 25.7 Å². The van der Waals surface area contributed by atoms with Crippen molar-refractivity contribution in [3.05, 3.63) is 41.2 Å². The lowest BCUT2D eigenvalue weighted by molar-refractivity contribution is -0.00217. The number of likely N-dealkylation sites (tertiary alicyclic amines) is 1. The summed E-state index contributed by atoms with van der Waals surface area (Å²) in [6.07, 6.45) is 2.11. The van der Waals surface area contributed by atoms with Crippen molar-refractivity contribution in [1.29, 1.82) is 0 Å². The minimum Gasteiger partial charge on any atom is -0.497 e. The molecule has 4 rings (SSSR count). The number of fused-ring (bicyclic) bond motifs is 1. The zero-order valence-corrected chi connectivity index (χ0v) is 14.6.